The zero-order chi connectivity index (χ0) is 25.1. The van der Waals surface area contributed by atoms with E-state index in [0.29, 0.717) is 28.1 Å². The van der Waals surface area contributed by atoms with E-state index < -0.39 is 11.9 Å². The Morgan fingerprint density at radius 1 is 1.29 bits per heavy atom. The molecule has 11 heteroatoms. The number of aromatic amines is 1. The first-order chi connectivity index (χ1) is 16.8. The Labute approximate surface area is 200 Å². The normalized spacial score (nSPS) is 11.7. The minimum Gasteiger partial charge on any atom is -0.493 e. The molecule has 0 bridgehead atoms. The molecule has 4 aromatic rings. The Bertz CT molecular complexity index is 1430. The third kappa shape index (κ3) is 4.46. The van der Waals surface area contributed by atoms with Crippen LogP contribution in [0.15, 0.2) is 37.1 Å². The van der Waals surface area contributed by atoms with Gasteiger partial charge in [-0.25, -0.2) is 19.3 Å². The van der Waals surface area contributed by atoms with Gasteiger partial charge < -0.3 is 19.9 Å². The fourth-order valence-electron chi connectivity index (χ4n) is 3.68. The molecule has 35 heavy (non-hydrogen) atoms. The average molecular weight is 475 g/mol. The van der Waals surface area contributed by atoms with E-state index in [4.69, 9.17) is 4.74 Å². The van der Waals surface area contributed by atoms with Gasteiger partial charge in [0.2, 0.25) is 0 Å². The molecule has 10 nitrogen and oxygen atoms in total. The standard InChI is InChI=1S/C24H23FN8O2/c1-5-35-21-16(13(2)32-23-20-22(29-11-28-20)30-12-31-23)8-15(9-26)19(25)18(21)14-6-7-17(27-10-14)24(34)33(3)4/h6-8,10-13H,5H2,1-4H3,(H2,28,29,30,31,32). The van der Waals surface area contributed by atoms with Gasteiger partial charge in [0, 0.05) is 31.4 Å². The summed E-state index contributed by atoms with van der Waals surface area (Å²) in [5.74, 6) is -0.230. The van der Waals surface area contributed by atoms with Gasteiger partial charge in [-0.2, -0.15) is 5.26 Å². The number of nitrogens with one attached hydrogen (secondary N) is 2. The maximum atomic E-state index is 15.5. The first-order valence-electron chi connectivity index (χ1n) is 10.8. The summed E-state index contributed by atoms with van der Waals surface area (Å²) < 4.78 is 21.4. The molecule has 0 aliphatic rings. The van der Waals surface area contributed by atoms with Gasteiger partial charge in [0.25, 0.3) is 5.91 Å². The molecule has 1 aromatic carbocycles. The summed E-state index contributed by atoms with van der Waals surface area (Å²) in [4.78, 5) is 33.3. The van der Waals surface area contributed by atoms with Gasteiger partial charge in [-0.15, -0.1) is 0 Å². The van der Waals surface area contributed by atoms with E-state index in [-0.39, 0.29) is 35.1 Å². The van der Waals surface area contributed by atoms with E-state index >= 15 is 4.39 Å². The summed E-state index contributed by atoms with van der Waals surface area (Å²) in [5.41, 5.74) is 2.22. The minimum atomic E-state index is -0.724. The quantitative estimate of drug-likeness (QED) is 0.414. The number of benzene rings is 1. The van der Waals surface area contributed by atoms with Gasteiger partial charge in [0.1, 0.15) is 29.4 Å². The molecule has 4 rings (SSSR count). The van der Waals surface area contributed by atoms with Crippen molar-refractivity contribution >= 4 is 22.9 Å². The van der Waals surface area contributed by atoms with E-state index in [2.05, 4.69) is 30.2 Å². The van der Waals surface area contributed by atoms with Crippen molar-refractivity contribution in [3.8, 4) is 22.9 Å². The van der Waals surface area contributed by atoms with Crippen molar-refractivity contribution in [3.05, 3.63) is 59.7 Å². The molecule has 0 fully saturated rings. The number of halogens is 1. The first-order valence-corrected chi connectivity index (χ1v) is 10.8. The van der Waals surface area contributed by atoms with Gasteiger partial charge in [0.05, 0.1) is 30.1 Å². The third-order valence-corrected chi connectivity index (χ3v) is 5.37. The van der Waals surface area contributed by atoms with Gasteiger partial charge >= 0.3 is 0 Å². The Hall–Kier alpha value is -4.59. The lowest BCUT2D eigenvalue weighted by Crippen LogP contribution is -2.22. The number of ether oxygens (including phenoxy) is 1. The van der Waals surface area contributed by atoms with Gasteiger partial charge in [-0.3, -0.25) is 9.78 Å². The van der Waals surface area contributed by atoms with Crippen molar-refractivity contribution in [1.82, 2.24) is 29.8 Å². The molecule has 3 heterocycles. The van der Waals surface area contributed by atoms with Crippen LogP contribution in [-0.2, 0) is 0 Å². The Kier molecular flexibility index (Phi) is 6.55. The lowest BCUT2D eigenvalue weighted by molar-refractivity contribution is 0.0822. The number of carbonyl (C=O) groups is 1. The monoisotopic (exact) mass is 474 g/mol. The van der Waals surface area contributed by atoms with Crippen molar-refractivity contribution in [2.45, 2.75) is 19.9 Å². The number of rotatable bonds is 7. The molecule has 3 aromatic heterocycles. The van der Waals surface area contributed by atoms with Crippen molar-refractivity contribution in [2.75, 3.05) is 26.0 Å². The number of hydrogen-bond acceptors (Lipinski definition) is 8. The number of amides is 1. The predicted octanol–water partition coefficient (Wildman–Crippen LogP) is 3.70. The third-order valence-electron chi connectivity index (χ3n) is 5.37. The molecule has 1 amide bonds. The summed E-state index contributed by atoms with van der Waals surface area (Å²) in [6, 6.07) is 6.05. The molecule has 178 valence electrons. The number of nitriles is 1. The smallest absolute Gasteiger partial charge is 0.271 e. The summed E-state index contributed by atoms with van der Waals surface area (Å²) in [6.45, 7) is 3.90. The molecule has 1 atom stereocenters. The lowest BCUT2D eigenvalue weighted by atomic mass is 9.95. The van der Waals surface area contributed by atoms with Crippen molar-refractivity contribution in [3.63, 3.8) is 0 Å². The fourth-order valence-corrected chi connectivity index (χ4v) is 3.68. The van der Waals surface area contributed by atoms with Crippen LogP contribution in [0.1, 0.15) is 41.5 Å². The van der Waals surface area contributed by atoms with Crippen molar-refractivity contribution in [1.29, 1.82) is 5.26 Å². The number of pyridine rings is 1. The second kappa shape index (κ2) is 9.72. The lowest BCUT2D eigenvalue weighted by Gasteiger charge is -2.22. The molecular weight excluding hydrogens is 451 g/mol. The van der Waals surface area contributed by atoms with Gasteiger partial charge in [-0.05, 0) is 26.0 Å². The number of imidazole rings is 1. The Morgan fingerprint density at radius 2 is 2.09 bits per heavy atom. The highest BCUT2D eigenvalue weighted by molar-refractivity contribution is 5.92. The van der Waals surface area contributed by atoms with Crippen LogP contribution in [0.4, 0.5) is 10.2 Å². The van der Waals surface area contributed by atoms with E-state index in [0.717, 1.165) is 0 Å². The largest absolute Gasteiger partial charge is 0.493 e. The van der Waals surface area contributed by atoms with E-state index in [1.165, 1.54) is 35.9 Å². The SMILES string of the molecule is CCOc1c(C(C)Nc2ncnc3nc[nH]c23)cc(C#N)c(F)c1-c1ccc(C(=O)N(C)C)nc1. The van der Waals surface area contributed by atoms with Crippen LogP contribution < -0.4 is 10.1 Å². The van der Waals surface area contributed by atoms with E-state index in [1.54, 1.807) is 27.1 Å². The Morgan fingerprint density at radius 3 is 2.74 bits per heavy atom. The number of anilines is 1. The van der Waals surface area contributed by atoms with Crippen molar-refractivity contribution < 1.29 is 13.9 Å². The van der Waals surface area contributed by atoms with E-state index in [9.17, 15) is 10.1 Å². The maximum absolute atomic E-state index is 15.5. The molecule has 0 radical (unpaired) electrons. The topological polar surface area (TPSA) is 133 Å². The first kappa shape index (κ1) is 23.6. The van der Waals surface area contributed by atoms with Crippen molar-refractivity contribution in [2.24, 2.45) is 0 Å². The molecular formula is C24H23FN8O2. The highest BCUT2D eigenvalue weighted by Gasteiger charge is 2.25. The average Bonchev–Trinajstić information content (AvgIpc) is 3.34. The zero-order valence-electron chi connectivity index (χ0n) is 19.6. The molecule has 1 unspecified atom stereocenters. The van der Waals surface area contributed by atoms with Crippen LogP contribution in [-0.4, -0.2) is 56.4 Å². The van der Waals surface area contributed by atoms with Gasteiger partial charge in [-0.1, -0.05) is 6.07 Å². The molecule has 0 saturated carbocycles. The highest BCUT2D eigenvalue weighted by Crippen LogP contribution is 2.41. The summed E-state index contributed by atoms with van der Waals surface area (Å²) in [5, 5.41) is 12.9. The summed E-state index contributed by atoms with van der Waals surface area (Å²) in [6.07, 6.45) is 4.31. The van der Waals surface area contributed by atoms with Crippen LogP contribution in [0.3, 0.4) is 0 Å². The molecule has 0 saturated heterocycles. The zero-order valence-corrected chi connectivity index (χ0v) is 19.6. The number of carbonyl (C=O) groups excluding carboxylic acids is 1. The van der Waals surface area contributed by atoms with Crippen LogP contribution in [0.5, 0.6) is 5.75 Å². The molecule has 0 spiro atoms. The van der Waals surface area contributed by atoms with E-state index in [1.807, 2.05) is 13.0 Å². The predicted molar refractivity (Wildman–Crippen MR) is 127 cm³/mol. The molecule has 0 aliphatic carbocycles. The van der Waals surface area contributed by atoms with Crippen LogP contribution in [0.25, 0.3) is 22.3 Å². The minimum absolute atomic E-state index is 0.0975. The maximum Gasteiger partial charge on any atom is 0.271 e. The number of fused-ring (bicyclic) bond motifs is 1. The number of aromatic nitrogens is 5. The second-order valence-electron chi connectivity index (χ2n) is 7.90. The molecule has 0 aliphatic heterocycles. The Balaban J connectivity index is 1.82. The summed E-state index contributed by atoms with van der Waals surface area (Å²) in [7, 11) is 3.24. The highest BCUT2D eigenvalue weighted by atomic mass is 19.1. The second-order valence-corrected chi connectivity index (χ2v) is 7.90. The summed E-state index contributed by atoms with van der Waals surface area (Å²) >= 11 is 0. The van der Waals surface area contributed by atoms with Gasteiger partial charge in [0.15, 0.2) is 17.3 Å². The van der Waals surface area contributed by atoms with Crippen LogP contribution in [0, 0.1) is 17.1 Å². The molecule has 2 N–H and O–H groups in total. The number of hydrogen-bond donors (Lipinski definition) is 2. The van der Waals surface area contributed by atoms with Crippen LogP contribution in [0.2, 0.25) is 0 Å². The number of nitrogens with zero attached hydrogens (tertiary/aromatic N) is 6. The fraction of sp³-hybridized carbons (Fsp3) is 0.250. The number of H-pyrrole nitrogens is 1. The van der Waals surface area contributed by atoms with Crippen LogP contribution >= 0.6 is 0 Å².